The van der Waals surface area contributed by atoms with Gasteiger partial charge in [-0.2, -0.15) is 0 Å². The van der Waals surface area contributed by atoms with E-state index in [2.05, 4.69) is 102 Å². The summed E-state index contributed by atoms with van der Waals surface area (Å²) in [4.78, 5) is 29.3. The van der Waals surface area contributed by atoms with E-state index in [1.165, 1.54) is 44.6 Å². The Bertz CT molecular complexity index is 2780. The van der Waals surface area contributed by atoms with Gasteiger partial charge < -0.3 is 0 Å². The van der Waals surface area contributed by atoms with E-state index in [9.17, 15) is 0 Å². The molecule has 6 aromatic rings. The van der Waals surface area contributed by atoms with Crippen LogP contribution in [-0.4, -0.2) is 29.9 Å². The van der Waals surface area contributed by atoms with E-state index in [4.69, 9.17) is 29.9 Å². The van der Waals surface area contributed by atoms with Crippen molar-refractivity contribution in [3.63, 3.8) is 0 Å². The predicted octanol–water partition coefficient (Wildman–Crippen LogP) is 12.6. The van der Waals surface area contributed by atoms with Gasteiger partial charge in [-0.15, -0.1) is 0 Å². The van der Waals surface area contributed by atoms with Crippen LogP contribution in [-0.2, 0) is 0 Å². The number of pyridine rings is 6. The van der Waals surface area contributed by atoms with Crippen LogP contribution >= 0.6 is 0 Å². The zero-order valence-corrected chi connectivity index (χ0v) is 34.8. The lowest BCUT2D eigenvalue weighted by molar-refractivity contribution is 0.491. The van der Waals surface area contributed by atoms with Crippen molar-refractivity contribution in [3.8, 4) is 45.6 Å². The van der Waals surface area contributed by atoms with Gasteiger partial charge in [-0.3, -0.25) is 19.9 Å². The van der Waals surface area contributed by atoms with Crippen molar-refractivity contribution in [2.24, 2.45) is 22.7 Å². The van der Waals surface area contributed by atoms with Crippen molar-refractivity contribution in [2.75, 3.05) is 0 Å². The first-order chi connectivity index (χ1) is 29.0. The summed E-state index contributed by atoms with van der Waals surface area (Å²) in [5.41, 5.74) is 18.9. The number of allylic oxidation sites excluding steroid dienone is 14. The van der Waals surface area contributed by atoms with Crippen LogP contribution in [0.3, 0.4) is 0 Å². The van der Waals surface area contributed by atoms with Crippen LogP contribution in [0.15, 0.2) is 192 Å². The molecule has 4 aliphatic rings. The molecule has 0 spiro atoms. The summed E-state index contributed by atoms with van der Waals surface area (Å²) in [6.45, 7) is 13.9. The van der Waals surface area contributed by atoms with Crippen LogP contribution < -0.4 is 0 Å². The van der Waals surface area contributed by atoms with Crippen molar-refractivity contribution in [2.45, 2.75) is 41.5 Å². The molecule has 6 nitrogen and oxygen atoms in total. The minimum absolute atomic E-state index is 0.0957. The molecule has 6 heterocycles. The molecule has 292 valence electrons. The van der Waals surface area contributed by atoms with Crippen LogP contribution in [0.1, 0.15) is 52.7 Å². The molecule has 0 aromatic carbocycles. The van der Waals surface area contributed by atoms with Crippen LogP contribution in [0, 0.1) is 22.7 Å². The quantitative estimate of drug-likeness (QED) is 0.168. The standard InChI is InChI=1S/C54H46N6/c1-53(2,3)37-23-35-25-40(34-29-49(45-17-9-13-21-57-45)60-50(30-34)46-18-10-14-22-58-46)42-32-38(54(4,5)6)24-36-26-39(41(31-37)51(35)52(36)42)33-27-47(43-15-7-11-19-55-43)59-48(28-33)44-16-8-12-20-56-44/h7-32,51-52H,1-6H3/t51-,52+. The maximum absolute atomic E-state index is 5.15. The fourth-order valence-corrected chi connectivity index (χ4v) is 8.81. The molecular formula is C54H46N6. The van der Waals surface area contributed by atoms with Gasteiger partial charge in [0.05, 0.1) is 45.6 Å². The first kappa shape index (κ1) is 37.4. The van der Waals surface area contributed by atoms with E-state index in [1.54, 1.807) is 0 Å². The number of nitrogens with zero attached hydrogens (tertiary/aromatic N) is 6. The van der Waals surface area contributed by atoms with Crippen LogP contribution in [0.4, 0.5) is 0 Å². The van der Waals surface area contributed by atoms with Crippen molar-refractivity contribution in [1.29, 1.82) is 0 Å². The molecule has 0 radical (unpaired) electrons. The smallest absolute Gasteiger partial charge is 0.0900 e. The predicted molar refractivity (Wildman–Crippen MR) is 243 cm³/mol. The average Bonchev–Trinajstić information content (AvgIpc) is 3.27. The first-order valence-corrected chi connectivity index (χ1v) is 20.7. The van der Waals surface area contributed by atoms with Crippen LogP contribution in [0.2, 0.25) is 0 Å². The lowest BCUT2D eigenvalue weighted by atomic mass is 9.57. The Morgan fingerprint density at radius 2 is 0.833 bits per heavy atom. The maximum atomic E-state index is 5.15. The van der Waals surface area contributed by atoms with E-state index < -0.39 is 0 Å². The lowest BCUT2D eigenvalue weighted by Crippen LogP contribution is -2.33. The van der Waals surface area contributed by atoms with Crippen molar-refractivity contribution in [3.05, 3.63) is 203 Å². The molecule has 6 heteroatoms. The number of rotatable bonds is 6. The Kier molecular flexibility index (Phi) is 8.98. The van der Waals surface area contributed by atoms with Gasteiger partial charge in [0, 0.05) is 36.6 Å². The van der Waals surface area contributed by atoms with Gasteiger partial charge in [-0.25, -0.2) is 9.97 Å². The Morgan fingerprint density at radius 3 is 1.27 bits per heavy atom. The summed E-state index contributed by atoms with van der Waals surface area (Å²) >= 11 is 0. The summed E-state index contributed by atoms with van der Waals surface area (Å²) in [6, 6.07) is 32.8. The van der Waals surface area contributed by atoms with Gasteiger partial charge in [0.2, 0.25) is 0 Å². The number of hydrogen-bond acceptors (Lipinski definition) is 6. The van der Waals surface area contributed by atoms with Crippen molar-refractivity contribution < 1.29 is 0 Å². The Balaban J connectivity index is 1.24. The molecule has 0 unspecified atom stereocenters. The molecular weight excluding hydrogens is 733 g/mol. The molecule has 0 saturated heterocycles. The van der Waals surface area contributed by atoms with Gasteiger partial charge in [0.1, 0.15) is 0 Å². The third kappa shape index (κ3) is 6.82. The van der Waals surface area contributed by atoms with Crippen LogP contribution in [0.5, 0.6) is 0 Å². The Hall–Kier alpha value is -6.92. The van der Waals surface area contributed by atoms with E-state index in [0.717, 1.165) is 56.7 Å². The van der Waals surface area contributed by atoms with E-state index >= 15 is 0 Å². The minimum Gasteiger partial charge on any atom is -0.255 e. The second-order valence-electron chi connectivity index (χ2n) is 18.1. The van der Waals surface area contributed by atoms with Gasteiger partial charge in [0.15, 0.2) is 0 Å². The highest BCUT2D eigenvalue weighted by atomic mass is 14.8. The van der Waals surface area contributed by atoms with Crippen LogP contribution in [0.25, 0.3) is 56.7 Å². The van der Waals surface area contributed by atoms with Gasteiger partial charge >= 0.3 is 0 Å². The fraction of sp³-hybridized carbons (Fsp3) is 0.185. The molecule has 0 N–H and O–H groups in total. The molecule has 0 amide bonds. The lowest BCUT2D eigenvalue weighted by Gasteiger charge is -2.46. The fourth-order valence-electron chi connectivity index (χ4n) is 8.81. The third-order valence-electron chi connectivity index (χ3n) is 11.9. The van der Waals surface area contributed by atoms with Crippen molar-refractivity contribution in [1.82, 2.24) is 29.9 Å². The molecule has 4 aliphatic carbocycles. The summed E-state index contributed by atoms with van der Waals surface area (Å²) < 4.78 is 0. The monoisotopic (exact) mass is 778 g/mol. The average molecular weight is 779 g/mol. The Labute approximate surface area is 352 Å². The minimum atomic E-state index is -0.0957. The summed E-state index contributed by atoms with van der Waals surface area (Å²) in [7, 11) is 0. The topological polar surface area (TPSA) is 77.3 Å². The highest BCUT2D eigenvalue weighted by molar-refractivity contribution is 5.94. The Morgan fingerprint density at radius 1 is 0.400 bits per heavy atom. The molecule has 0 aliphatic heterocycles. The zero-order chi connectivity index (χ0) is 41.2. The van der Waals surface area contributed by atoms with Gasteiger partial charge in [-0.05, 0) is 139 Å². The zero-order valence-electron chi connectivity index (χ0n) is 34.8. The maximum Gasteiger partial charge on any atom is 0.0900 e. The third-order valence-corrected chi connectivity index (χ3v) is 11.9. The summed E-state index contributed by atoms with van der Waals surface area (Å²) in [5, 5.41) is 0. The first-order valence-electron chi connectivity index (χ1n) is 20.7. The number of hydrogen-bond donors (Lipinski definition) is 0. The van der Waals surface area contributed by atoms with E-state index in [-0.39, 0.29) is 22.7 Å². The molecule has 6 aromatic heterocycles. The highest BCUT2D eigenvalue weighted by Crippen LogP contribution is 2.58. The number of aromatic nitrogens is 6. The largest absolute Gasteiger partial charge is 0.255 e. The molecule has 10 rings (SSSR count). The van der Waals surface area contributed by atoms with Gasteiger partial charge in [-0.1, -0.05) is 102 Å². The second-order valence-corrected chi connectivity index (χ2v) is 18.1. The molecule has 0 fully saturated rings. The summed E-state index contributed by atoms with van der Waals surface area (Å²) in [6.07, 6.45) is 22.1. The SMILES string of the molecule is CC(C)(C)C1=CC2=CC(c3cc(-c4ccccn4)nc(-c4ccccn4)c3)=C3C=C(C(C)(C)C)C=C4C=C(c5cc(-c6ccccn6)nc(-c6ccccn6)c5)C(=C1)[C@@H]2[C@@H]43. The second kappa shape index (κ2) is 14.4. The molecule has 0 saturated carbocycles. The molecule has 60 heavy (non-hydrogen) atoms. The van der Waals surface area contributed by atoms with E-state index in [1.807, 2.05) is 97.6 Å². The normalized spacial score (nSPS) is 18.4. The molecule has 0 bridgehead atoms. The highest BCUT2D eigenvalue weighted by Gasteiger charge is 2.44. The van der Waals surface area contributed by atoms with Gasteiger partial charge in [0.25, 0.3) is 0 Å². The van der Waals surface area contributed by atoms with E-state index in [0.29, 0.717) is 0 Å². The summed E-state index contributed by atoms with van der Waals surface area (Å²) in [5.74, 6) is 0.215. The molecule has 2 atom stereocenters. The van der Waals surface area contributed by atoms with Crippen molar-refractivity contribution >= 4 is 11.1 Å².